The molecule has 0 radical (unpaired) electrons. The van der Waals surface area contributed by atoms with Gasteiger partial charge in [-0.2, -0.15) is 0 Å². The third kappa shape index (κ3) is 3.48. The number of fused-ring (bicyclic) bond motifs is 1. The molecule has 1 aliphatic heterocycles. The van der Waals surface area contributed by atoms with Crippen molar-refractivity contribution < 1.29 is 9.21 Å². The van der Waals surface area contributed by atoms with Crippen molar-refractivity contribution in [1.29, 1.82) is 0 Å². The highest BCUT2D eigenvalue weighted by Gasteiger charge is 2.26. The van der Waals surface area contributed by atoms with Gasteiger partial charge in [-0.05, 0) is 26.0 Å². The van der Waals surface area contributed by atoms with Crippen LogP contribution in [0.4, 0.5) is 0 Å². The fourth-order valence-corrected chi connectivity index (χ4v) is 2.42. The van der Waals surface area contributed by atoms with E-state index in [9.17, 15) is 4.79 Å². The van der Waals surface area contributed by atoms with E-state index >= 15 is 0 Å². The minimum Gasteiger partial charge on any atom is -0.449 e. The van der Waals surface area contributed by atoms with E-state index < -0.39 is 0 Å². The highest BCUT2D eigenvalue weighted by molar-refractivity contribution is 5.95. The summed E-state index contributed by atoms with van der Waals surface area (Å²) in [6.07, 6.45) is 0. The first-order chi connectivity index (χ1) is 9.15. The summed E-state index contributed by atoms with van der Waals surface area (Å²) in [5, 5.41) is 3.27. The van der Waals surface area contributed by atoms with Gasteiger partial charge >= 0.3 is 0 Å². The first-order valence-corrected chi connectivity index (χ1v) is 6.54. The average molecular weight is 332 g/mol. The lowest BCUT2D eigenvalue weighted by Gasteiger charge is -2.33. The van der Waals surface area contributed by atoms with Crippen molar-refractivity contribution in [2.24, 2.45) is 0 Å². The number of pyridine rings is 1. The van der Waals surface area contributed by atoms with E-state index in [-0.39, 0.29) is 36.8 Å². The lowest BCUT2D eigenvalue weighted by molar-refractivity contribution is 0.0625. The molecule has 5 nitrogen and oxygen atoms in total. The van der Waals surface area contributed by atoms with Crippen molar-refractivity contribution >= 4 is 41.8 Å². The molecule has 0 aromatic carbocycles. The van der Waals surface area contributed by atoms with Crippen LogP contribution < -0.4 is 5.32 Å². The molecule has 0 spiro atoms. The molecular formula is C14H19Cl2N3O2. The van der Waals surface area contributed by atoms with Gasteiger partial charge in [-0.3, -0.25) is 4.79 Å². The molecule has 21 heavy (non-hydrogen) atoms. The SMILES string of the molecule is Cc1ccc2oc(C(=O)N3CCNCC3C)cc2n1.Cl.Cl. The highest BCUT2D eigenvalue weighted by Crippen LogP contribution is 2.20. The van der Waals surface area contributed by atoms with Gasteiger partial charge in [0.05, 0.1) is 0 Å². The summed E-state index contributed by atoms with van der Waals surface area (Å²) in [4.78, 5) is 18.7. The molecule has 1 N–H and O–H groups in total. The number of hydrogen-bond donors (Lipinski definition) is 1. The lowest BCUT2D eigenvalue weighted by atomic mass is 10.2. The zero-order chi connectivity index (χ0) is 13.4. The van der Waals surface area contributed by atoms with Gasteiger partial charge < -0.3 is 14.6 Å². The molecule has 2 aromatic heterocycles. The largest absolute Gasteiger partial charge is 0.449 e. The first-order valence-electron chi connectivity index (χ1n) is 6.54. The molecule has 2 aromatic rings. The molecule has 0 aliphatic carbocycles. The van der Waals surface area contributed by atoms with Gasteiger partial charge in [-0.15, -0.1) is 24.8 Å². The molecule has 1 unspecified atom stereocenters. The quantitative estimate of drug-likeness (QED) is 0.871. The molecule has 7 heteroatoms. The Balaban J connectivity index is 0.00000110. The van der Waals surface area contributed by atoms with Crippen molar-refractivity contribution in [1.82, 2.24) is 15.2 Å². The van der Waals surface area contributed by atoms with Gasteiger partial charge in [0, 0.05) is 37.4 Å². The normalized spacial score (nSPS) is 18.0. The predicted molar refractivity (Wildman–Crippen MR) is 86.6 cm³/mol. The lowest BCUT2D eigenvalue weighted by Crippen LogP contribution is -2.52. The third-order valence-corrected chi connectivity index (χ3v) is 3.49. The van der Waals surface area contributed by atoms with E-state index in [1.54, 1.807) is 6.07 Å². The smallest absolute Gasteiger partial charge is 0.289 e. The van der Waals surface area contributed by atoms with E-state index in [0.717, 1.165) is 24.3 Å². The summed E-state index contributed by atoms with van der Waals surface area (Å²) < 4.78 is 5.61. The number of hydrogen-bond acceptors (Lipinski definition) is 4. The van der Waals surface area contributed by atoms with Gasteiger partial charge in [0.1, 0.15) is 5.52 Å². The third-order valence-electron chi connectivity index (χ3n) is 3.49. The Kier molecular flexibility index (Phi) is 6.01. The molecule has 0 saturated carbocycles. The molecule has 1 atom stereocenters. The van der Waals surface area contributed by atoms with Crippen molar-refractivity contribution in [2.75, 3.05) is 19.6 Å². The van der Waals surface area contributed by atoms with Crippen LogP contribution in [-0.4, -0.2) is 41.5 Å². The molecule has 0 bridgehead atoms. The first kappa shape index (κ1) is 17.8. The maximum atomic E-state index is 12.4. The maximum absolute atomic E-state index is 12.4. The number of carbonyl (C=O) groups is 1. The average Bonchev–Trinajstić information content (AvgIpc) is 2.81. The maximum Gasteiger partial charge on any atom is 0.289 e. The topological polar surface area (TPSA) is 58.4 Å². The van der Waals surface area contributed by atoms with E-state index in [4.69, 9.17) is 4.42 Å². The Bertz CT molecular complexity index is 630. The van der Waals surface area contributed by atoms with E-state index in [1.807, 2.05) is 30.9 Å². The Morgan fingerprint density at radius 1 is 1.43 bits per heavy atom. The second-order valence-electron chi connectivity index (χ2n) is 5.00. The van der Waals surface area contributed by atoms with Crippen LogP contribution in [0.5, 0.6) is 0 Å². The second-order valence-corrected chi connectivity index (χ2v) is 5.00. The molecule has 1 saturated heterocycles. The van der Waals surface area contributed by atoms with Crippen LogP contribution in [-0.2, 0) is 0 Å². The Labute approximate surface area is 135 Å². The van der Waals surface area contributed by atoms with Crippen LogP contribution in [0.3, 0.4) is 0 Å². The van der Waals surface area contributed by atoms with Crippen LogP contribution in [0.1, 0.15) is 23.2 Å². The van der Waals surface area contributed by atoms with Crippen LogP contribution in [0.15, 0.2) is 22.6 Å². The van der Waals surface area contributed by atoms with Crippen molar-refractivity contribution in [3.8, 4) is 0 Å². The number of furan rings is 1. The van der Waals surface area contributed by atoms with Crippen LogP contribution >= 0.6 is 24.8 Å². The summed E-state index contributed by atoms with van der Waals surface area (Å²) >= 11 is 0. The summed E-state index contributed by atoms with van der Waals surface area (Å²) in [7, 11) is 0. The van der Waals surface area contributed by atoms with Gasteiger partial charge in [-0.25, -0.2) is 4.98 Å². The van der Waals surface area contributed by atoms with Crippen molar-refractivity contribution in [3.63, 3.8) is 0 Å². The molecule has 3 heterocycles. The monoisotopic (exact) mass is 331 g/mol. The number of aryl methyl sites for hydroxylation is 1. The van der Waals surface area contributed by atoms with Gasteiger partial charge in [0.2, 0.25) is 0 Å². The molecule has 1 amide bonds. The van der Waals surface area contributed by atoms with Crippen LogP contribution in [0, 0.1) is 6.92 Å². The number of aromatic nitrogens is 1. The second kappa shape index (κ2) is 7.11. The fourth-order valence-electron chi connectivity index (χ4n) is 2.42. The van der Waals surface area contributed by atoms with E-state index in [0.29, 0.717) is 17.9 Å². The van der Waals surface area contributed by atoms with E-state index in [1.165, 1.54) is 0 Å². The Hall–Kier alpha value is -1.30. The standard InChI is InChI=1S/C14H17N3O2.2ClH/c1-9-3-4-12-11(16-9)7-13(19-12)14(18)17-6-5-15-8-10(17)2;;/h3-4,7,10,15H,5-6,8H2,1-2H3;2*1H. The Morgan fingerprint density at radius 2 is 2.19 bits per heavy atom. The molecule has 3 rings (SSSR count). The summed E-state index contributed by atoms with van der Waals surface area (Å²) in [5.74, 6) is 0.325. The molecule has 1 fully saturated rings. The molecule has 1 aliphatic rings. The van der Waals surface area contributed by atoms with Crippen LogP contribution in [0.2, 0.25) is 0 Å². The predicted octanol–water partition coefficient (Wildman–Crippen LogP) is 2.41. The highest BCUT2D eigenvalue weighted by atomic mass is 35.5. The minimum absolute atomic E-state index is 0. The van der Waals surface area contributed by atoms with E-state index in [2.05, 4.69) is 10.3 Å². The number of nitrogens with one attached hydrogen (secondary N) is 1. The zero-order valence-electron chi connectivity index (χ0n) is 12.0. The minimum atomic E-state index is -0.0512. The number of carbonyl (C=O) groups excluding carboxylic acids is 1. The fraction of sp³-hybridized carbons (Fsp3) is 0.429. The van der Waals surface area contributed by atoms with Gasteiger partial charge in [0.25, 0.3) is 5.91 Å². The number of amides is 1. The van der Waals surface area contributed by atoms with Gasteiger partial charge in [-0.1, -0.05) is 0 Å². The number of piperazine rings is 1. The van der Waals surface area contributed by atoms with Crippen molar-refractivity contribution in [3.05, 3.63) is 29.7 Å². The zero-order valence-corrected chi connectivity index (χ0v) is 13.6. The number of rotatable bonds is 1. The number of nitrogens with zero attached hydrogens (tertiary/aromatic N) is 2. The summed E-state index contributed by atoms with van der Waals surface area (Å²) in [6.45, 7) is 6.32. The van der Waals surface area contributed by atoms with Gasteiger partial charge in [0.15, 0.2) is 11.3 Å². The summed E-state index contributed by atoms with van der Waals surface area (Å²) in [5.41, 5.74) is 2.32. The molecule has 116 valence electrons. The Morgan fingerprint density at radius 3 is 2.90 bits per heavy atom. The summed E-state index contributed by atoms with van der Waals surface area (Å²) in [6, 6.07) is 5.66. The molecular weight excluding hydrogens is 313 g/mol. The van der Waals surface area contributed by atoms with Crippen molar-refractivity contribution in [2.45, 2.75) is 19.9 Å². The number of halogens is 2. The van der Waals surface area contributed by atoms with Crippen LogP contribution in [0.25, 0.3) is 11.1 Å².